The topological polar surface area (TPSA) is 49.8 Å². The predicted molar refractivity (Wildman–Crippen MR) is 64.6 cm³/mol. The summed E-state index contributed by atoms with van der Waals surface area (Å²) in [7, 11) is 0. The fourth-order valence-electron chi connectivity index (χ4n) is 2.94. The van der Waals surface area contributed by atoms with Crippen molar-refractivity contribution in [1.82, 2.24) is 4.90 Å². The van der Waals surface area contributed by atoms with Gasteiger partial charge in [0.05, 0.1) is 6.10 Å². The van der Waals surface area contributed by atoms with E-state index in [-0.39, 0.29) is 24.2 Å². The Kier molecular flexibility index (Phi) is 4.05. The van der Waals surface area contributed by atoms with Crippen LogP contribution in [0.2, 0.25) is 0 Å². The second-order valence-electron chi connectivity index (χ2n) is 5.47. The van der Waals surface area contributed by atoms with E-state index in [1.165, 1.54) is 0 Å². The number of carbonyl (C=O) groups is 1. The molecule has 2 aliphatic rings. The Hall–Kier alpha value is -0.610. The number of hydrogen-bond donors (Lipinski definition) is 1. The van der Waals surface area contributed by atoms with Crippen molar-refractivity contribution < 1.29 is 14.6 Å². The van der Waals surface area contributed by atoms with Crippen LogP contribution >= 0.6 is 0 Å². The third-order valence-electron chi connectivity index (χ3n) is 3.90. The molecule has 1 N–H and O–H groups in total. The van der Waals surface area contributed by atoms with E-state index in [2.05, 4.69) is 6.92 Å². The van der Waals surface area contributed by atoms with Crippen molar-refractivity contribution in [2.24, 2.45) is 5.92 Å². The molecule has 1 amide bonds. The number of aliphatic hydroxyl groups excluding tert-OH is 1. The first kappa shape index (κ1) is 12.8. The molecule has 0 bridgehead atoms. The van der Waals surface area contributed by atoms with Crippen LogP contribution in [0.25, 0.3) is 0 Å². The molecule has 4 atom stereocenters. The zero-order valence-electron chi connectivity index (χ0n) is 10.8. The van der Waals surface area contributed by atoms with Crippen molar-refractivity contribution in [2.45, 2.75) is 57.8 Å². The van der Waals surface area contributed by atoms with Gasteiger partial charge >= 0.3 is 0 Å². The molecule has 0 saturated carbocycles. The van der Waals surface area contributed by atoms with Crippen LogP contribution in [-0.2, 0) is 9.53 Å². The minimum atomic E-state index is -0.338. The molecule has 2 aliphatic heterocycles. The Morgan fingerprint density at radius 1 is 1.53 bits per heavy atom. The minimum Gasteiger partial charge on any atom is -0.393 e. The van der Waals surface area contributed by atoms with Gasteiger partial charge in [0.1, 0.15) is 6.10 Å². The monoisotopic (exact) mass is 241 g/mol. The molecule has 17 heavy (non-hydrogen) atoms. The lowest BCUT2D eigenvalue weighted by molar-refractivity contribution is -0.143. The van der Waals surface area contributed by atoms with Gasteiger partial charge in [0.25, 0.3) is 5.91 Å². The number of hydrogen-bond acceptors (Lipinski definition) is 3. The number of amides is 1. The van der Waals surface area contributed by atoms with Crippen LogP contribution in [0.1, 0.15) is 39.5 Å². The summed E-state index contributed by atoms with van der Waals surface area (Å²) in [5, 5.41) is 9.46. The average molecular weight is 241 g/mol. The molecule has 2 fully saturated rings. The quantitative estimate of drug-likeness (QED) is 0.807. The van der Waals surface area contributed by atoms with Crippen molar-refractivity contribution >= 4 is 5.91 Å². The highest BCUT2D eigenvalue weighted by molar-refractivity contribution is 5.82. The highest BCUT2D eigenvalue weighted by Gasteiger charge is 2.38. The van der Waals surface area contributed by atoms with Gasteiger partial charge in [0.15, 0.2) is 0 Å². The highest BCUT2D eigenvalue weighted by atomic mass is 16.5. The highest BCUT2D eigenvalue weighted by Crippen LogP contribution is 2.27. The minimum absolute atomic E-state index is 0.137. The van der Waals surface area contributed by atoms with E-state index < -0.39 is 0 Å². The van der Waals surface area contributed by atoms with E-state index >= 15 is 0 Å². The predicted octanol–water partition coefficient (Wildman–Crippen LogP) is 1.17. The fraction of sp³-hybridized carbons (Fsp3) is 0.923. The molecule has 0 radical (unpaired) electrons. The Morgan fingerprint density at radius 3 is 2.88 bits per heavy atom. The molecule has 2 saturated heterocycles. The van der Waals surface area contributed by atoms with Crippen molar-refractivity contribution in [1.29, 1.82) is 0 Å². The van der Waals surface area contributed by atoms with Crippen molar-refractivity contribution in [2.75, 3.05) is 13.2 Å². The van der Waals surface area contributed by atoms with Gasteiger partial charge in [0.2, 0.25) is 0 Å². The van der Waals surface area contributed by atoms with E-state index in [9.17, 15) is 9.90 Å². The maximum absolute atomic E-state index is 12.4. The molecular weight excluding hydrogens is 218 g/mol. The van der Waals surface area contributed by atoms with Gasteiger partial charge < -0.3 is 14.7 Å². The zero-order chi connectivity index (χ0) is 12.4. The third-order valence-corrected chi connectivity index (χ3v) is 3.90. The fourth-order valence-corrected chi connectivity index (χ4v) is 2.94. The lowest BCUT2D eigenvalue weighted by Gasteiger charge is -2.29. The summed E-state index contributed by atoms with van der Waals surface area (Å²) in [6, 6.07) is 0.207. The van der Waals surface area contributed by atoms with Crippen LogP contribution in [0.5, 0.6) is 0 Å². The first-order valence-electron chi connectivity index (χ1n) is 6.69. The second-order valence-corrected chi connectivity index (χ2v) is 5.47. The summed E-state index contributed by atoms with van der Waals surface area (Å²) in [6.07, 6.45) is 3.14. The number of aliphatic hydroxyl groups is 1. The summed E-state index contributed by atoms with van der Waals surface area (Å²) >= 11 is 0. The van der Waals surface area contributed by atoms with E-state index in [1.807, 2.05) is 4.90 Å². The Bertz CT molecular complexity index is 280. The molecule has 4 heteroatoms. The number of nitrogens with zero attached hydrogens (tertiary/aromatic N) is 1. The van der Waals surface area contributed by atoms with Gasteiger partial charge in [-0.25, -0.2) is 0 Å². The number of rotatable bonds is 3. The van der Waals surface area contributed by atoms with Gasteiger partial charge in [-0.1, -0.05) is 6.92 Å². The Labute approximate surface area is 103 Å². The molecule has 2 heterocycles. The summed E-state index contributed by atoms with van der Waals surface area (Å²) in [6.45, 7) is 5.39. The number of likely N-dealkylation sites (tertiary alicyclic amines) is 1. The van der Waals surface area contributed by atoms with Crippen LogP contribution in [0.15, 0.2) is 0 Å². The summed E-state index contributed by atoms with van der Waals surface area (Å²) in [4.78, 5) is 14.3. The molecule has 2 rings (SSSR count). The van der Waals surface area contributed by atoms with E-state index in [0.717, 1.165) is 25.8 Å². The maximum atomic E-state index is 12.4. The molecule has 0 aromatic rings. The summed E-state index contributed by atoms with van der Waals surface area (Å²) in [5.74, 6) is 0.466. The first-order valence-corrected chi connectivity index (χ1v) is 6.69. The largest absolute Gasteiger partial charge is 0.393 e. The lowest BCUT2D eigenvalue weighted by atomic mass is 10.0. The SMILES string of the molecule is CC(O)CC1CCCN1C(=O)C1OCCC1C. The average Bonchev–Trinajstić information content (AvgIpc) is 2.85. The molecule has 4 nitrogen and oxygen atoms in total. The molecule has 0 aromatic heterocycles. The van der Waals surface area contributed by atoms with Crippen molar-refractivity contribution in [3.8, 4) is 0 Å². The molecule has 0 spiro atoms. The summed E-state index contributed by atoms with van der Waals surface area (Å²) < 4.78 is 5.54. The lowest BCUT2D eigenvalue weighted by Crippen LogP contribution is -2.44. The second kappa shape index (κ2) is 5.36. The standard InChI is InChI=1S/C13H23NO3/c1-9-5-7-17-12(9)13(16)14-6-3-4-11(14)8-10(2)15/h9-12,15H,3-8H2,1-2H3. The smallest absolute Gasteiger partial charge is 0.252 e. The first-order chi connectivity index (χ1) is 8.09. The maximum Gasteiger partial charge on any atom is 0.252 e. The van der Waals surface area contributed by atoms with Gasteiger partial charge in [-0.05, 0) is 38.5 Å². The van der Waals surface area contributed by atoms with Crippen LogP contribution in [0, 0.1) is 5.92 Å². The van der Waals surface area contributed by atoms with Gasteiger partial charge in [0, 0.05) is 19.2 Å². The molecule has 98 valence electrons. The normalized spacial score (nSPS) is 35.2. The number of ether oxygens (including phenoxy) is 1. The van der Waals surface area contributed by atoms with Crippen LogP contribution in [0.3, 0.4) is 0 Å². The Balaban J connectivity index is 1.97. The van der Waals surface area contributed by atoms with E-state index in [4.69, 9.17) is 4.74 Å². The van der Waals surface area contributed by atoms with E-state index in [1.54, 1.807) is 6.92 Å². The molecule has 0 aliphatic carbocycles. The molecule has 4 unspecified atom stereocenters. The van der Waals surface area contributed by atoms with E-state index in [0.29, 0.717) is 18.9 Å². The Morgan fingerprint density at radius 2 is 2.29 bits per heavy atom. The third kappa shape index (κ3) is 2.80. The molecular formula is C13H23NO3. The summed E-state index contributed by atoms with van der Waals surface area (Å²) in [5.41, 5.74) is 0. The van der Waals surface area contributed by atoms with Gasteiger partial charge in [-0.2, -0.15) is 0 Å². The van der Waals surface area contributed by atoms with Crippen LogP contribution < -0.4 is 0 Å². The van der Waals surface area contributed by atoms with Gasteiger partial charge in [-0.3, -0.25) is 4.79 Å². The number of carbonyl (C=O) groups excluding carboxylic acids is 1. The zero-order valence-corrected chi connectivity index (χ0v) is 10.8. The van der Waals surface area contributed by atoms with Crippen molar-refractivity contribution in [3.63, 3.8) is 0 Å². The van der Waals surface area contributed by atoms with Gasteiger partial charge in [-0.15, -0.1) is 0 Å². The van der Waals surface area contributed by atoms with Crippen LogP contribution in [0.4, 0.5) is 0 Å². The molecule has 0 aromatic carbocycles. The van der Waals surface area contributed by atoms with Crippen LogP contribution in [-0.4, -0.2) is 47.3 Å². The van der Waals surface area contributed by atoms with Crippen molar-refractivity contribution in [3.05, 3.63) is 0 Å².